The minimum absolute atomic E-state index is 0.0627. The van der Waals surface area contributed by atoms with Crippen LogP contribution in [0, 0.1) is 11.3 Å². The van der Waals surface area contributed by atoms with Crippen LogP contribution in [0.5, 0.6) is 0 Å². The molecule has 1 aromatic carbocycles. The molecule has 0 atom stereocenters. The monoisotopic (exact) mass is 428 g/mol. The molecule has 0 spiro atoms. The Morgan fingerprint density at radius 2 is 1.81 bits per heavy atom. The second-order valence-electron chi connectivity index (χ2n) is 9.24. The van der Waals surface area contributed by atoms with Gasteiger partial charge in [0.25, 0.3) is 11.8 Å². The van der Waals surface area contributed by atoms with Crippen LogP contribution in [0.25, 0.3) is 0 Å². The highest BCUT2D eigenvalue weighted by atomic mass is 16.5. The fourth-order valence-corrected chi connectivity index (χ4v) is 4.46. The molecule has 1 heterocycles. The van der Waals surface area contributed by atoms with E-state index < -0.39 is 30.9 Å². The molecular weight excluding hydrogens is 396 g/mol. The summed E-state index contributed by atoms with van der Waals surface area (Å²) < 4.78 is 5.03. The van der Waals surface area contributed by atoms with E-state index in [-0.39, 0.29) is 18.4 Å². The lowest BCUT2D eigenvalue weighted by Gasteiger charge is -2.39. The van der Waals surface area contributed by atoms with Crippen molar-refractivity contribution in [2.45, 2.75) is 65.3 Å². The summed E-state index contributed by atoms with van der Waals surface area (Å²) in [6, 6.07) is 6.92. The predicted octanol–water partition coefficient (Wildman–Crippen LogP) is 2.87. The molecule has 31 heavy (non-hydrogen) atoms. The molecule has 1 fully saturated rings. The van der Waals surface area contributed by atoms with Crippen LogP contribution in [0.1, 0.15) is 68.8 Å². The molecule has 3 rings (SSSR count). The summed E-state index contributed by atoms with van der Waals surface area (Å²) in [7, 11) is 0. The van der Waals surface area contributed by atoms with Crippen molar-refractivity contribution in [3.8, 4) is 0 Å². The Hall–Kier alpha value is -2.70. The van der Waals surface area contributed by atoms with Crippen molar-refractivity contribution in [1.29, 1.82) is 0 Å². The largest absolute Gasteiger partial charge is 0.454 e. The Labute approximate surface area is 183 Å². The molecule has 1 N–H and O–H groups in total. The van der Waals surface area contributed by atoms with Gasteiger partial charge >= 0.3 is 5.97 Å². The van der Waals surface area contributed by atoms with Crippen LogP contribution in [0.4, 0.5) is 0 Å². The number of esters is 1. The van der Waals surface area contributed by atoms with E-state index in [0.717, 1.165) is 37.0 Å². The van der Waals surface area contributed by atoms with Gasteiger partial charge in [-0.1, -0.05) is 45.4 Å². The van der Waals surface area contributed by atoms with Gasteiger partial charge in [0.15, 0.2) is 6.61 Å². The molecule has 0 unspecified atom stereocenters. The Morgan fingerprint density at radius 3 is 2.48 bits per heavy atom. The average molecular weight is 429 g/mol. The van der Waals surface area contributed by atoms with E-state index in [9.17, 15) is 19.2 Å². The normalized spacial score (nSPS) is 21.5. The average Bonchev–Trinajstić information content (AvgIpc) is 2.75. The highest BCUT2D eigenvalue weighted by Crippen LogP contribution is 2.40. The zero-order valence-corrected chi connectivity index (χ0v) is 18.6. The third kappa shape index (κ3) is 5.51. The smallest absolute Gasteiger partial charge is 0.326 e. The summed E-state index contributed by atoms with van der Waals surface area (Å²) in [5, 5.41) is 2.93. The van der Waals surface area contributed by atoms with E-state index in [4.69, 9.17) is 4.74 Å². The Balaban J connectivity index is 1.43. The van der Waals surface area contributed by atoms with Gasteiger partial charge in [0.05, 0.1) is 6.42 Å². The van der Waals surface area contributed by atoms with Crippen LogP contribution in [-0.2, 0) is 25.5 Å². The summed E-state index contributed by atoms with van der Waals surface area (Å²) in [4.78, 5) is 50.0. The van der Waals surface area contributed by atoms with Gasteiger partial charge in [0.2, 0.25) is 5.91 Å². The fraction of sp³-hybridized carbons (Fsp3) is 0.583. The molecular formula is C24H32N2O5. The second-order valence-corrected chi connectivity index (χ2v) is 9.24. The molecule has 0 saturated heterocycles. The molecule has 1 saturated carbocycles. The van der Waals surface area contributed by atoms with Crippen molar-refractivity contribution < 1.29 is 23.9 Å². The molecule has 1 aromatic rings. The van der Waals surface area contributed by atoms with Crippen LogP contribution in [-0.4, -0.2) is 47.8 Å². The maximum Gasteiger partial charge on any atom is 0.326 e. The predicted molar refractivity (Wildman–Crippen MR) is 115 cm³/mol. The molecule has 3 amide bonds. The van der Waals surface area contributed by atoms with Crippen molar-refractivity contribution in [2.24, 2.45) is 11.3 Å². The third-order valence-corrected chi connectivity index (χ3v) is 6.90. The quantitative estimate of drug-likeness (QED) is 0.533. The number of nitrogens with zero attached hydrogens (tertiary/aromatic N) is 1. The van der Waals surface area contributed by atoms with Crippen LogP contribution < -0.4 is 5.32 Å². The van der Waals surface area contributed by atoms with E-state index >= 15 is 0 Å². The van der Waals surface area contributed by atoms with Crippen molar-refractivity contribution >= 4 is 23.7 Å². The van der Waals surface area contributed by atoms with Crippen LogP contribution in [0.3, 0.4) is 0 Å². The number of carbonyl (C=O) groups is 4. The third-order valence-electron chi connectivity index (χ3n) is 6.90. The first-order valence-electron chi connectivity index (χ1n) is 11.1. The number of amides is 3. The molecule has 168 valence electrons. The number of rotatable bonds is 7. The zero-order valence-electron chi connectivity index (χ0n) is 18.6. The van der Waals surface area contributed by atoms with Crippen molar-refractivity contribution in [1.82, 2.24) is 10.2 Å². The first-order chi connectivity index (χ1) is 14.7. The van der Waals surface area contributed by atoms with Gasteiger partial charge in [-0.25, -0.2) is 0 Å². The second kappa shape index (κ2) is 9.62. The molecule has 0 bridgehead atoms. The van der Waals surface area contributed by atoms with Gasteiger partial charge in [0, 0.05) is 11.6 Å². The Morgan fingerprint density at radius 1 is 1.13 bits per heavy atom. The highest BCUT2D eigenvalue weighted by molar-refractivity contribution is 6.11. The summed E-state index contributed by atoms with van der Waals surface area (Å²) in [5.74, 6) is -1.43. The SMILES string of the molecule is CCC(C)(C)C1CCC(NC(=O)COC(=O)CN2C(=O)Cc3ccccc3C2=O)CC1. The van der Waals surface area contributed by atoms with E-state index in [2.05, 4.69) is 26.1 Å². The summed E-state index contributed by atoms with van der Waals surface area (Å²) in [6.07, 6.45) is 5.19. The van der Waals surface area contributed by atoms with Crippen molar-refractivity contribution in [2.75, 3.05) is 13.2 Å². The summed E-state index contributed by atoms with van der Waals surface area (Å²) in [5.41, 5.74) is 1.38. The number of fused-ring (bicyclic) bond motifs is 1. The number of hydrogen-bond acceptors (Lipinski definition) is 5. The van der Waals surface area contributed by atoms with Crippen LogP contribution >= 0.6 is 0 Å². The maximum absolute atomic E-state index is 12.5. The number of ether oxygens (including phenoxy) is 1. The van der Waals surface area contributed by atoms with E-state index in [1.165, 1.54) is 0 Å². The van der Waals surface area contributed by atoms with E-state index in [0.29, 0.717) is 22.5 Å². The minimum Gasteiger partial charge on any atom is -0.454 e. The van der Waals surface area contributed by atoms with Gasteiger partial charge in [-0.2, -0.15) is 0 Å². The van der Waals surface area contributed by atoms with Gasteiger partial charge in [0.1, 0.15) is 6.54 Å². The van der Waals surface area contributed by atoms with E-state index in [1.54, 1.807) is 24.3 Å². The summed E-state index contributed by atoms with van der Waals surface area (Å²) in [6.45, 7) is 5.91. The maximum atomic E-state index is 12.5. The van der Waals surface area contributed by atoms with Crippen molar-refractivity contribution in [3.05, 3.63) is 35.4 Å². The highest BCUT2D eigenvalue weighted by Gasteiger charge is 2.33. The number of carbonyl (C=O) groups excluding carboxylic acids is 4. The molecule has 1 aliphatic heterocycles. The lowest BCUT2D eigenvalue weighted by atomic mass is 9.69. The van der Waals surface area contributed by atoms with Gasteiger partial charge in [-0.05, 0) is 48.6 Å². The molecule has 1 aliphatic carbocycles. The number of benzene rings is 1. The number of hydrogen-bond donors (Lipinski definition) is 1. The first kappa shape index (κ1) is 23.0. The molecule has 2 aliphatic rings. The molecule has 0 radical (unpaired) electrons. The van der Waals surface area contributed by atoms with Gasteiger partial charge in [-0.3, -0.25) is 24.1 Å². The first-order valence-corrected chi connectivity index (χ1v) is 11.1. The topological polar surface area (TPSA) is 92.8 Å². The van der Waals surface area contributed by atoms with Crippen LogP contribution in [0.2, 0.25) is 0 Å². The van der Waals surface area contributed by atoms with Crippen LogP contribution in [0.15, 0.2) is 24.3 Å². The lowest BCUT2D eigenvalue weighted by Crippen LogP contribution is -2.46. The number of nitrogens with one attached hydrogen (secondary N) is 1. The lowest BCUT2D eigenvalue weighted by molar-refractivity contribution is -0.151. The standard InChI is InChI=1S/C24H32N2O5/c1-4-24(2,3)17-9-11-18(12-10-17)25-20(27)15-31-22(29)14-26-21(28)13-16-7-5-6-8-19(16)23(26)30/h5-8,17-18H,4,9-15H2,1-3H3,(H,25,27). The number of imide groups is 1. The molecule has 7 heteroatoms. The fourth-order valence-electron chi connectivity index (χ4n) is 4.46. The van der Waals surface area contributed by atoms with E-state index in [1.807, 2.05) is 0 Å². The van der Waals surface area contributed by atoms with Gasteiger partial charge in [-0.15, -0.1) is 0 Å². The zero-order chi connectivity index (χ0) is 22.6. The molecule has 0 aromatic heterocycles. The molecule has 7 nitrogen and oxygen atoms in total. The minimum atomic E-state index is -0.773. The Bertz CT molecular complexity index is 855. The van der Waals surface area contributed by atoms with Crippen molar-refractivity contribution in [3.63, 3.8) is 0 Å². The van der Waals surface area contributed by atoms with Gasteiger partial charge < -0.3 is 10.1 Å². The Kier molecular flexibility index (Phi) is 7.13. The summed E-state index contributed by atoms with van der Waals surface area (Å²) >= 11 is 0.